The third-order valence-electron chi connectivity index (χ3n) is 2.69. The second-order valence-corrected chi connectivity index (χ2v) is 6.61. The lowest BCUT2D eigenvalue weighted by atomic mass is 10.2. The van der Waals surface area contributed by atoms with Crippen LogP contribution in [0.3, 0.4) is 0 Å². The van der Waals surface area contributed by atoms with E-state index in [0.29, 0.717) is 6.04 Å². The van der Waals surface area contributed by atoms with E-state index in [4.69, 9.17) is 0 Å². The van der Waals surface area contributed by atoms with Crippen LogP contribution >= 0.6 is 22.7 Å². The first-order valence-electron chi connectivity index (χ1n) is 5.86. The summed E-state index contributed by atoms with van der Waals surface area (Å²) in [5, 5.41) is 6.85. The second kappa shape index (κ2) is 5.76. The number of rotatable bonds is 5. The van der Waals surface area contributed by atoms with Crippen LogP contribution in [0.1, 0.15) is 33.4 Å². The Hall–Kier alpha value is -0.710. The predicted molar refractivity (Wildman–Crippen MR) is 76.0 cm³/mol. The van der Waals surface area contributed by atoms with Gasteiger partial charge in [0.2, 0.25) is 0 Å². The van der Waals surface area contributed by atoms with Gasteiger partial charge in [0.25, 0.3) is 0 Å². The lowest BCUT2D eigenvalue weighted by Gasteiger charge is -2.11. The van der Waals surface area contributed by atoms with Crippen molar-refractivity contribution in [3.8, 4) is 0 Å². The summed E-state index contributed by atoms with van der Waals surface area (Å²) in [5.74, 6) is 0. The van der Waals surface area contributed by atoms with E-state index in [1.165, 1.54) is 15.4 Å². The minimum absolute atomic E-state index is 0.438. The molecule has 0 radical (unpaired) electrons. The molecule has 0 fully saturated rings. The molecule has 4 heteroatoms. The van der Waals surface area contributed by atoms with E-state index in [9.17, 15) is 0 Å². The second-order valence-electron chi connectivity index (χ2n) is 4.23. The molecule has 0 amide bonds. The highest BCUT2D eigenvalue weighted by Gasteiger charge is 2.07. The number of aromatic nitrogens is 1. The van der Waals surface area contributed by atoms with Crippen molar-refractivity contribution in [1.29, 1.82) is 0 Å². The molecule has 92 valence electrons. The smallest absolute Gasteiger partial charge is 0.0897 e. The molecular formula is C13H18N2S2. The number of thiophene rings is 1. The first-order chi connectivity index (χ1) is 8.15. The molecule has 0 aromatic carbocycles. The summed E-state index contributed by atoms with van der Waals surface area (Å²) in [5.41, 5.74) is 1.20. The van der Waals surface area contributed by atoms with E-state index in [2.05, 4.69) is 48.6 Å². The highest BCUT2D eigenvalue weighted by Crippen LogP contribution is 2.22. The van der Waals surface area contributed by atoms with Gasteiger partial charge < -0.3 is 5.32 Å². The van der Waals surface area contributed by atoms with Crippen LogP contribution in [0.4, 0.5) is 0 Å². The molecule has 0 aliphatic carbocycles. The van der Waals surface area contributed by atoms with Crippen molar-refractivity contribution in [3.63, 3.8) is 0 Å². The zero-order valence-electron chi connectivity index (χ0n) is 10.5. The van der Waals surface area contributed by atoms with Crippen molar-refractivity contribution in [1.82, 2.24) is 10.3 Å². The molecule has 0 aliphatic heterocycles. The number of thiazole rings is 1. The van der Waals surface area contributed by atoms with Crippen LogP contribution < -0.4 is 5.32 Å². The van der Waals surface area contributed by atoms with Crippen molar-refractivity contribution in [3.05, 3.63) is 38.0 Å². The maximum Gasteiger partial charge on any atom is 0.0897 e. The minimum atomic E-state index is 0.438. The molecule has 0 aliphatic rings. The Morgan fingerprint density at radius 2 is 2.18 bits per heavy atom. The summed E-state index contributed by atoms with van der Waals surface area (Å²) in [6, 6.07) is 4.83. The van der Waals surface area contributed by atoms with Gasteiger partial charge in [0.15, 0.2) is 0 Å². The molecule has 0 spiro atoms. The van der Waals surface area contributed by atoms with Crippen molar-refractivity contribution < 1.29 is 0 Å². The predicted octanol–water partition coefficient (Wildman–Crippen LogP) is 3.71. The van der Waals surface area contributed by atoms with Crippen LogP contribution in [0.15, 0.2) is 17.5 Å². The van der Waals surface area contributed by atoms with Gasteiger partial charge in [-0.3, -0.25) is 0 Å². The third-order valence-corrected chi connectivity index (χ3v) is 4.69. The van der Waals surface area contributed by atoms with Crippen LogP contribution in [0.5, 0.6) is 0 Å². The molecule has 1 atom stereocenters. The van der Waals surface area contributed by atoms with Gasteiger partial charge in [0, 0.05) is 34.1 Å². The van der Waals surface area contributed by atoms with E-state index < -0.39 is 0 Å². The largest absolute Gasteiger partial charge is 0.309 e. The SMILES string of the molecule is Cc1ccc(C(C)NCCc2csc(C)n2)s1. The van der Waals surface area contributed by atoms with Gasteiger partial charge in [0.05, 0.1) is 10.7 Å². The van der Waals surface area contributed by atoms with Crippen molar-refractivity contribution in [2.24, 2.45) is 0 Å². The summed E-state index contributed by atoms with van der Waals surface area (Å²) in [4.78, 5) is 7.26. The van der Waals surface area contributed by atoms with Gasteiger partial charge in [-0.05, 0) is 32.9 Å². The molecule has 0 bridgehead atoms. The van der Waals surface area contributed by atoms with Gasteiger partial charge in [-0.25, -0.2) is 4.98 Å². The molecule has 0 saturated carbocycles. The van der Waals surface area contributed by atoms with Crippen molar-refractivity contribution in [2.45, 2.75) is 33.2 Å². The maximum absolute atomic E-state index is 4.47. The minimum Gasteiger partial charge on any atom is -0.309 e. The highest BCUT2D eigenvalue weighted by molar-refractivity contribution is 7.12. The Labute approximate surface area is 111 Å². The summed E-state index contributed by atoms with van der Waals surface area (Å²) < 4.78 is 0. The normalized spacial score (nSPS) is 12.9. The monoisotopic (exact) mass is 266 g/mol. The lowest BCUT2D eigenvalue weighted by molar-refractivity contribution is 0.582. The Bertz CT molecular complexity index is 473. The lowest BCUT2D eigenvalue weighted by Crippen LogP contribution is -2.20. The zero-order valence-corrected chi connectivity index (χ0v) is 12.1. The van der Waals surface area contributed by atoms with Gasteiger partial charge in [0.1, 0.15) is 0 Å². The third kappa shape index (κ3) is 3.63. The van der Waals surface area contributed by atoms with E-state index in [-0.39, 0.29) is 0 Å². The molecule has 2 aromatic rings. The van der Waals surface area contributed by atoms with Gasteiger partial charge in [-0.2, -0.15) is 0 Å². The van der Waals surface area contributed by atoms with Crippen molar-refractivity contribution in [2.75, 3.05) is 6.54 Å². The van der Waals surface area contributed by atoms with Crippen LogP contribution in [0.25, 0.3) is 0 Å². The fourth-order valence-electron chi connectivity index (χ4n) is 1.73. The highest BCUT2D eigenvalue weighted by atomic mass is 32.1. The van der Waals surface area contributed by atoms with Crippen LogP contribution in [-0.2, 0) is 6.42 Å². The van der Waals surface area contributed by atoms with Crippen molar-refractivity contribution >= 4 is 22.7 Å². The van der Waals surface area contributed by atoms with E-state index >= 15 is 0 Å². The Morgan fingerprint density at radius 1 is 1.35 bits per heavy atom. The zero-order chi connectivity index (χ0) is 12.3. The van der Waals surface area contributed by atoms with E-state index in [1.54, 1.807) is 11.3 Å². The maximum atomic E-state index is 4.47. The average Bonchev–Trinajstić information content (AvgIpc) is 2.88. The van der Waals surface area contributed by atoms with Crippen LogP contribution in [0, 0.1) is 13.8 Å². The summed E-state index contributed by atoms with van der Waals surface area (Å²) in [7, 11) is 0. The Balaban J connectivity index is 1.78. The first kappa shape index (κ1) is 12.7. The molecule has 1 N–H and O–H groups in total. The molecule has 2 heterocycles. The van der Waals surface area contributed by atoms with Gasteiger partial charge >= 0.3 is 0 Å². The number of hydrogen-bond acceptors (Lipinski definition) is 4. The molecular weight excluding hydrogens is 248 g/mol. The molecule has 2 rings (SSSR count). The number of hydrogen-bond donors (Lipinski definition) is 1. The fourth-order valence-corrected chi connectivity index (χ4v) is 3.28. The molecule has 17 heavy (non-hydrogen) atoms. The number of nitrogens with zero attached hydrogens (tertiary/aromatic N) is 1. The summed E-state index contributed by atoms with van der Waals surface area (Å²) in [6.45, 7) is 7.41. The standard InChI is InChI=1S/C13H18N2S2/c1-9-4-5-13(17-9)10(2)14-7-6-12-8-16-11(3)15-12/h4-5,8,10,14H,6-7H2,1-3H3. The van der Waals surface area contributed by atoms with Gasteiger partial charge in [-0.15, -0.1) is 22.7 Å². The number of aryl methyl sites for hydroxylation is 2. The first-order valence-corrected chi connectivity index (χ1v) is 7.55. The molecule has 1 unspecified atom stereocenters. The molecule has 2 nitrogen and oxygen atoms in total. The van der Waals surface area contributed by atoms with Gasteiger partial charge in [-0.1, -0.05) is 0 Å². The van der Waals surface area contributed by atoms with Crippen LogP contribution in [-0.4, -0.2) is 11.5 Å². The summed E-state index contributed by atoms with van der Waals surface area (Å²) >= 11 is 3.60. The quantitative estimate of drug-likeness (QED) is 0.892. The molecule has 0 saturated heterocycles. The van der Waals surface area contributed by atoms with Crippen LogP contribution in [0.2, 0.25) is 0 Å². The Kier molecular flexibility index (Phi) is 4.31. The average molecular weight is 266 g/mol. The fraction of sp³-hybridized carbons (Fsp3) is 0.462. The topological polar surface area (TPSA) is 24.9 Å². The van der Waals surface area contributed by atoms with E-state index in [1.807, 2.05) is 11.3 Å². The van der Waals surface area contributed by atoms with E-state index in [0.717, 1.165) is 18.0 Å². The summed E-state index contributed by atoms with van der Waals surface area (Å²) in [6.07, 6.45) is 1.01. The Morgan fingerprint density at radius 3 is 2.76 bits per heavy atom. The molecule has 2 aromatic heterocycles. The number of nitrogens with one attached hydrogen (secondary N) is 1.